The second-order valence-electron chi connectivity index (χ2n) is 5.31. The van der Waals surface area contributed by atoms with Gasteiger partial charge in [-0.25, -0.2) is 12.8 Å². The Morgan fingerprint density at radius 1 is 1.21 bits per heavy atom. The Balaban J connectivity index is 2.32. The highest BCUT2D eigenvalue weighted by Gasteiger charge is 2.24. The Bertz CT molecular complexity index is 840. The standard InChI is InChI=1S/C17H19BrFNO3S/c1-4-20(11-13-5-8-17(23-3)16(19)10-13)24(21,22)14-6-7-15(18)12(2)9-14/h5-10H,4,11H2,1-3H3. The van der Waals surface area contributed by atoms with Crippen LogP contribution in [0.2, 0.25) is 0 Å². The van der Waals surface area contributed by atoms with Crippen LogP contribution >= 0.6 is 15.9 Å². The van der Waals surface area contributed by atoms with Crippen LogP contribution in [0.3, 0.4) is 0 Å². The summed E-state index contributed by atoms with van der Waals surface area (Å²) in [5.41, 5.74) is 1.40. The maximum absolute atomic E-state index is 13.8. The molecule has 0 radical (unpaired) electrons. The van der Waals surface area contributed by atoms with Crippen molar-refractivity contribution < 1.29 is 17.5 Å². The van der Waals surface area contributed by atoms with Crippen molar-refractivity contribution in [3.63, 3.8) is 0 Å². The summed E-state index contributed by atoms with van der Waals surface area (Å²) in [5.74, 6) is -0.379. The maximum Gasteiger partial charge on any atom is 0.243 e. The summed E-state index contributed by atoms with van der Waals surface area (Å²) in [5, 5.41) is 0. The molecule has 0 fully saturated rings. The number of rotatable bonds is 6. The van der Waals surface area contributed by atoms with Crippen LogP contribution in [0.15, 0.2) is 45.8 Å². The van der Waals surface area contributed by atoms with Crippen LogP contribution in [0.4, 0.5) is 4.39 Å². The lowest BCUT2D eigenvalue weighted by Gasteiger charge is -2.21. The Morgan fingerprint density at radius 3 is 2.46 bits per heavy atom. The highest BCUT2D eigenvalue weighted by Crippen LogP contribution is 2.25. The first-order valence-electron chi connectivity index (χ1n) is 7.38. The van der Waals surface area contributed by atoms with E-state index in [2.05, 4.69) is 15.9 Å². The van der Waals surface area contributed by atoms with E-state index in [9.17, 15) is 12.8 Å². The van der Waals surface area contributed by atoms with E-state index < -0.39 is 15.8 Å². The molecule has 2 aromatic carbocycles. The van der Waals surface area contributed by atoms with Crippen molar-refractivity contribution in [1.82, 2.24) is 4.31 Å². The Hall–Kier alpha value is -1.44. The quantitative estimate of drug-likeness (QED) is 0.712. The van der Waals surface area contributed by atoms with E-state index in [0.717, 1.165) is 10.0 Å². The third kappa shape index (κ3) is 3.96. The first-order valence-corrected chi connectivity index (χ1v) is 9.61. The average Bonchev–Trinajstić information content (AvgIpc) is 2.55. The first kappa shape index (κ1) is 18.9. The second-order valence-corrected chi connectivity index (χ2v) is 8.10. The number of hydrogen-bond donors (Lipinski definition) is 0. The monoisotopic (exact) mass is 415 g/mol. The summed E-state index contributed by atoms with van der Waals surface area (Å²) in [7, 11) is -2.27. The minimum Gasteiger partial charge on any atom is -0.494 e. The summed E-state index contributed by atoms with van der Waals surface area (Å²) in [4.78, 5) is 0.221. The van der Waals surface area contributed by atoms with E-state index >= 15 is 0 Å². The molecule has 0 bridgehead atoms. The van der Waals surface area contributed by atoms with Gasteiger partial charge in [-0.1, -0.05) is 28.9 Å². The number of aryl methyl sites for hydroxylation is 1. The van der Waals surface area contributed by atoms with Crippen LogP contribution in [0.5, 0.6) is 5.75 Å². The average molecular weight is 416 g/mol. The summed E-state index contributed by atoms with van der Waals surface area (Å²) in [6, 6.07) is 9.34. The number of benzene rings is 2. The summed E-state index contributed by atoms with van der Waals surface area (Å²) in [6.07, 6.45) is 0. The van der Waals surface area contributed by atoms with Crippen LogP contribution in [0.1, 0.15) is 18.1 Å². The molecule has 4 nitrogen and oxygen atoms in total. The number of ether oxygens (including phenoxy) is 1. The van der Waals surface area contributed by atoms with Gasteiger partial charge in [-0.15, -0.1) is 0 Å². The van der Waals surface area contributed by atoms with Crippen LogP contribution in [-0.2, 0) is 16.6 Å². The Morgan fingerprint density at radius 2 is 1.92 bits per heavy atom. The molecule has 0 aliphatic rings. The molecule has 24 heavy (non-hydrogen) atoms. The zero-order valence-electron chi connectivity index (χ0n) is 13.7. The second kappa shape index (κ2) is 7.63. The van der Waals surface area contributed by atoms with Crippen LogP contribution in [0, 0.1) is 12.7 Å². The van der Waals surface area contributed by atoms with Gasteiger partial charge in [-0.3, -0.25) is 0 Å². The van der Waals surface area contributed by atoms with E-state index in [4.69, 9.17) is 4.74 Å². The molecule has 0 saturated carbocycles. The summed E-state index contributed by atoms with van der Waals surface area (Å²) < 4.78 is 46.5. The molecule has 130 valence electrons. The van der Waals surface area contributed by atoms with Gasteiger partial charge >= 0.3 is 0 Å². The minimum atomic E-state index is -3.66. The van der Waals surface area contributed by atoms with Gasteiger partial charge in [-0.05, 0) is 48.4 Å². The predicted octanol–water partition coefficient (Wildman–Crippen LogP) is 4.12. The fourth-order valence-corrected chi connectivity index (χ4v) is 4.07. The number of methoxy groups -OCH3 is 1. The molecule has 2 aromatic rings. The van der Waals surface area contributed by atoms with Crippen LogP contribution < -0.4 is 4.74 Å². The minimum absolute atomic E-state index is 0.0921. The fourth-order valence-electron chi connectivity index (χ4n) is 2.31. The van der Waals surface area contributed by atoms with Crippen molar-refractivity contribution in [3.05, 3.63) is 57.8 Å². The van der Waals surface area contributed by atoms with Crippen LogP contribution in [0.25, 0.3) is 0 Å². The van der Waals surface area contributed by atoms with Gasteiger partial charge < -0.3 is 4.74 Å². The molecule has 0 heterocycles. The molecule has 0 saturated heterocycles. The van der Waals surface area contributed by atoms with E-state index in [0.29, 0.717) is 5.56 Å². The molecular weight excluding hydrogens is 397 g/mol. The van der Waals surface area contributed by atoms with Crippen molar-refractivity contribution in [2.75, 3.05) is 13.7 Å². The molecule has 7 heteroatoms. The number of nitrogens with zero attached hydrogens (tertiary/aromatic N) is 1. The number of hydrogen-bond acceptors (Lipinski definition) is 3. The molecule has 0 aliphatic heterocycles. The van der Waals surface area contributed by atoms with Gasteiger partial charge in [0.2, 0.25) is 10.0 Å². The highest BCUT2D eigenvalue weighted by atomic mass is 79.9. The molecule has 0 aliphatic carbocycles. The van der Waals surface area contributed by atoms with Gasteiger partial charge in [0.25, 0.3) is 0 Å². The van der Waals surface area contributed by atoms with Crippen molar-refractivity contribution >= 4 is 26.0 Å². The lowest BCUT2D eigenvalue weighted by molar-refractivity contribution is 0.384. The van der Waals surface area contributed by atoms with Gasteiger partial charge in [0.15, 0.2) is 11.6 Å². The topological polar surface area (TPSA) is 46.6 Å². The van der Waals surface area contributed by atoms with Gasteiger partial charge in [0, 0.05) is 17.6 Å². The van der Waals surface area contributed by atoms with E-state index in [-0.39, 0.29) is 23.7 Å². The molecule has 2 rings (SSSR count). The zero-order chi connectivity index (χ0) is 17.9. The molecule has 0 N–H and O–H groups in total. The lowest BCUT2D eigenvalue weighted by Crippen LogP contribution is -2.30. The van der Waals surface area contributed by atoms with E-state index in [1.165, 1.54) is 23.5 Å². The van der Waals surface area contributed by atoms with Crippen molar-refractivity contribution in [2.45, 2.75) is 25.3 Å². The predicted molar refractivity (Wildman–Crippen MR) is 95.1 cm³/mol. The summed E-state index contributed by atoms with van der Waals surface area (Å²) >= 11 is 3.36. The molecule has 0 atom stereocenters. The SMILES string of the molecule is CCN(Cc1ccc(OC)c(F)c1)S(=O)(=O)c1ccc(Br)c(C)c1. The maximum atomic E-state index is 13.8. The zero-order valence-corrected chi connectivity index (χ0v) is 16.1. The molecule has 0 aromatic heterocycles. The smallest absolute Gasteiger partial charge is 0.243 e. The molecule has 0 unspecified atom stereocenters. The first-order chi connectivity index (χ1) is 11.3. The van der Waals surface area contributed by atoms with Gasteiger partial charge in [-0.2, -0.15) is 4.31 Å². The third-order valence-electron chi connectivity index (χ3n) is 3.70. The van der Waals surface area contributed by atoms with Crippen molar-refractivity contribution in [2.24, 2.45) is 0 Å². The van der Waals surface area contributed by atoms with E-state index in [1.54, 1.807) is 31.2 Å². The van der Waals surface area contributed by atoms with Crippen molar-refractivity contribution in [1.29, 1.82) is 0 Å². The Labute approximate surface area is 150 Å². The molecule has 0 amide bonds. The van der Waals surface area contributed by atoms with Gasteiger partial charge in [0.05, 0.1) is 12.0 Å². The highest BCUT2D eigenvalue weighted by molar-refractivity contribution is 9.10. The lowest BCUT2D eigenvalue weighted by atomic mass is 10.2. The number of sulfonamides is 1. The summed E-state index contributed by atoms with van der Waals surface area (Å²) in [6.45, 7) is 3.96. The van der Waals surface area contributed by atoms with Crippen LogP contribution in [-0.4, -0.2) is 26.4 Å². The Kier molecular flexibility index (Phi) is 6.01. The molecular formula is C17H19BrFNO3S. The number of halogens is 2. The third-order valence-corrected chi connectivity index (χ3v) is 6.50. The van der Waals surface area contributed by atoms with Gasteiger partial charge in [0.1, 0.15) is 0 Å². The molecule has 0 spiro atoms. The van der Waals surface area contributed by atoms with Crippen molar-refractivity contribution in [3.8, 4) is 5.75 Å². The largest absolute Gasteiger partial charge is 0.494 e. The fraction of sp³-hybridized carbons (Fsp3) is 0.294. The van der Waals surface area contributed by atoms with E-state index in [1.807, 2.05) is 6.92 Å². The normalized spacial score (nSPS) is 11.8.